The lowest BCUT2D eigenvalue weighted by atomic mass is 9.99. The van der Waals surface area contributed by atoms with E-state index in [-0.39, 0.29) is 5.60 Å². The van der Waals surface area contributed by atoms with Crippen LogP contribution in [0.1, 0.15) is 25.8 Å². The molecule has 1 nitrogen and oxygen atoms in total. The van der Waals surface area contributed by atoms with Crippen LogP contribution in [-0.2, 0) is 10.8 Å². The smallest absolute Gasteiger partial charge is 0.146 e. The molecule has 1 aromatic carbocycles. The van der Waals surface area contributed by atoms with Crippen molar-refractivity contribution in [3.63, 3.8) is 0 Å². The van der Waals surface area contributed by atoms with Crippen LogP contribution in [0, 0.1) is 0 Å². The second kappa shape index (κ2) is 4.58. The molecular formula is C11H18OSi. The maximum Gasteiger partial charge on any atom is 0.146 e. The van der Waals surface area contributed by atoms with Crippen molar-refractivity contribution >= 4 is 10.5 Å². The maximum absolute atomic E-state index is 5.50. The summed E-state index contributed by atoms with van der Waals surface area (Å²) in [6.45, 7) is 4.31. The van der Waals surface area contributed by atoms with E-state index in [1.54, 1.807) is 0 Å². The lowest BCUT2D eigenvalue weighted by Crippen LogP contribution is -2.23. The van der Waals surface area contributed by atoms with Gasteiger partial charge in [-0.2, -0.15) is 0 Å². The third-order valence-electron chi connectivity index (χ3n) is 2.41. The fourth-order valence-corrected chi connectivity index (χ4v) is 1.40. The van der Waals surface area contributed by atoms with Gasteiger partial charge in [-0.15, -0.1) is 0 Å². The largest absolute Gasteiger partial charge is 0.423 e. The molecule has 0 amide bonds. The summed E-state index contributed by atoms with van der Waals surface area (Å²) in [5.74, 6) is 0. The van der Waals surface area contributed by atoms with E-state index in [4.69, 9.17) is 4.43 Å². The third-order valence-corrected chi connectivity index (χ3v) is 3.52. The summed E-state index contributed by atoms with van der Waals surface area (Å²) in [5.41, 5.74) is 1.46. The minimum Gasteiger partial charge on any atom is -0.423 e. The van der Waals surface area contributed by atoms with Crippen LogP contribution in [0.4, 0.5) is 0 Å². The normalized spacial score (nSPS) is 11.8. The Morgan fingerprint density at radius 3 is 2.38 bits per heavy atom. The zero-order valence-electron chi connectivity index (χ0n) is 8.71. The molecule has 0 saturated heterocycles. The van der Waals surface area contributed by atoms with Crippen LogP contribution in [0.2, 0.25) is 0 Å². The van der Waals surface area contributed by atoms with Gasteiger partial charge < -0.3 is 4.43 Å². The average molecular weight is 194 g/mol. The molecule has 0 N–H and O–H groups in total. The number of hydrogen-bond donors (Lipinski definition) is 0. The summed E-state index contributed by atoms with van der Waals surface area (Å²) < 4.78 is 5.50. The van der Waals surface area contributed by atoms with Crippen molar-refractivity contribution in [3.05, 3.63) is 35.9 Å². The van der Waals surface area contributed by atoms with Crippen LogP contribution in [0.5, 0.6) is 0 Å². The molecule has 0 heterocycles. The van der Waals surface area contributed by atoms with E-state index in [0.29, 0.717) is 0 Å². The lowest BCUT2D eigenvalue weighted by Gasteiger charge is -2.23. The molecular weight excluding hydrogens is 176 g/mol. The predicted octanol–water partition coefficient (Wildman–Crippen LogP) is 1.69. The molecule has 0 radical (unpaired) electrons. The van der Waals surface area contributed by atoms with E-state index in [1.807, 2.05) is 0 Å². The molecule has 0 fully saturated rings. The molecule has 0 aliphatic carbocycles. The van der Waals surface area contributed by atoms with Crippen molar-refractivity contribution in [2.45, 2.75) is 32.3 Å². The van der Waals surface area contributed by atoms with Crippen molar-refractivity contribution in [2.75, 3.05) is 0 Å². The van der Waals surface area contributed by atoms with Crippen LogP contribution >= 0.6 is 0 Å². The highest BCUT2D eigenvalue weighted by atomic mass is 28.2. The van der Waals surface area contributed by atoms with E-state index in [1.165, 1.54) is 5.56 Å². The van der Waals surface area contributed by atoms with Crippen molar-refractivity contribution < 1.29 is 4.43 Å². The zero-order valence-corrected chi connectivity index (χ0v) is 10.7. The van der Waals surface area contributed by atoms with E-state index < -0.39 is 0 Å². The lowest BCUT2D eigenvalue weighted by molar-refractivity contribution is 0.113. The van der Waals surface area contributed by atoms with Gasteiger partial charge in [0.05, 0.1) is 0 Å². The Labute approximate surface area is 83.7 Å². The van der Waals surface area contributed by atoms with Gasteiger partial charge in [0.1, 0.15) is 10.5 Å². The van der Waals surface area contributed by atoms with Crippen molar-refractivity contribution in [2.24, 2.45) is 0 Å². The van der Waals surface area contributed by atoms with Crippen LogP contribution < -0.4 is 0 Å². The summed E-state index contributed by atoms with van der Waals surface area (Å²) in [4.78, 5) is 0. The first-order chi connectivity index (χ1) is 6.14. The molecule has 0 spiro atoms. The van der Waals surface area contributed by atoms with Gasteiger partial charge in [0, 0.05) is 5.60 Å². The van der Waals surface area contributed by atoms with Crippen LogP contribution in [0.3, 0.4) is 0 Å². The van der Waals surface area contributed by atoms with Crippen molar-refractivity contribution in [1.29, 1.82) is 0 Å². The number of aryl methyl sites for hydroxylation is 1. The average Bonchev–Trinajstić information content (AvgIpc) is 2.17. The highest BCUT2D eigenvalue weighted by Crippen LogP contribution is 2.16. The van der Waals surface area contributed by atoms with Gasteiger partial charge in [-0.1, -0.05) is 30.3 Å². The highest BCUT2D eigenvalue weighted by molar-refractivity contribution is 5.98. The molecule has 0 saturated carbocycles. The molecule has 0 aromatic heterocycles. The van der Waals surface area contributed by atoms with Gasteiger partial charge >= 0.3 is 0 Å². The van der Waals surface area contributed by atoms with E-state index in [2.05, 4.69) is 44.2 Å². The van der Waals surface area contributed by atoms with Gasteiger partial charge in [-0.3, -0.25) is 0 Å². The van der Waals surface area contributed by atoms with Gasteiger partial charge in [0.2, 0.25) is 0 Å². The van der Waals surface area contributed by atoms with Gasteiger partial charge in [-0.05, 0) is 32.3 Å². The Morgan fingerprint density at radius 1 is 1.23 bits per heavy atom. The summed E-state index contributed by atoms with van der Waals surface area (Å²) in [6.07, 6.45) is 2.20. The summed E-state index contributed by atoms with van der Waals surface area (Å²) in [6, 6.07) is 10.6. The summed E-state index contributed by atoms with van der Waals surface area (Å²) in [5, 5.41) is 0. The molecule has 13 heavy (non-hydrogen) atoms. The fraction of sp³-hybridized carbons (Fsp3) is 0.455. The van der Waals surface area contributed by atoms with E-state index in [9.17, 15) is 0 Å². The first-order valence-corrected chi connectivity index (χ1v) is 5.55. The Morgan fingerprint density at radius 2 is 1.85 bits per heavy atom. The number of rotatable bonds is 4. The molecule has 0 aliphatic rings. The van der Waals surface area contributed by atoms with E-state index in [0.717, 1.165) is 23.3 Å². The molecule has 72 valence electrons. The van der Waals surface area contributed by atoms with Gasteiger partial charge in [0.15, 0.2) is 0 Å². The Kier molecular flexibility index (Phi) is 3.69. The maximum atomic E-state index is 5.50. The van der Waals surface area contributed by atoms with Crippen LogP contribution in [-0.4, -0.2) is 16.1 Å². The predicted molar refractivity (Wildman–Crippen MR) is 59.9 cm³/mol. The third kappa shape index (κ3) is 3.74. The molecule has 1 rings (SSSR count). The summed E-state index contributed by atoms with van der Waals surface area (Å²) in [7, 11) is 0.824. The number of hydrogen-bond acceptors (Lipinski definition) is 1. The van der Waals surface area contributed by atoms with Gasteiger partial charge in [0.25, 0.3) is 0 Å². The minimum atomic E-state index is 0.0576. The Balaban J connectivity index is 2.44. The first kappa shape index (κ1) is 10.5. The summed E-state index contributed by atoms with van der Waals surface area (Å²) >= 11 is 0. The Hall–Kier alpha value is -0.603. The minimum absolute atomic E-state index is 0.0576. The van der Waals surface area contributed by atoms with Crippen LogP contribution in [0.25, 0.3) is 0 Å². The van der Waals surface area contributed by atoms with E-state index >= 15 is 0 Å². The van der Waals surface area contributed by atoms with Gasteiger partial charge in [-0.25, -0.2) is 0 Å². The molecule has 0 unspecified atom stereocenters. The molecule has 1 aromatic rings. The zero-order chi connectivity index (χ0) is 9.73. The molecule has 0 aliphatic heterocycles. The highest BCUT2D eigenvalue weighted by Gasteiger charge is 2.14. The molecule has 2 heteroatoms. The topological polar surface area (TPSA) is 9.23 Å². The van der Waals surface area contributed by atoms with Crippen molar-refractivity contribution in [3.8, 4) is 0 Å². The molecule has 0 atom stereocenters. The van der Waals surface area contributed by atoms with Crippen LogP contribution in [0.15, 0.2) is 30.3 Å². The number of benzene rings is 1. The quantitative estimate of drug-likeness (QED) is 0.663. The molecule has 0 bridgehead atoms. The second-order valence-electron chi connectivity index (χ2n) is 3.95. The Bertz CT molecular complexity index is 244. The standard InChI is InChI=1S/C11H18OSi/c1-11(2,12-13)9-8-10-6-4-3-5-7-10/h3-7H,8-9H2,1-2,13H3. The second-order valence-corrected chi connectivity index (χ2v) is 4.36. The first-order valence-electron chi connectivity index (χ1n) is 4.73. The van der Waals surface area contributed by atoms with Crippen molar-refractivity contribution in [1.82, 2.24) is 0 Å². The fourth-order valence-electron chi connectivity index (χ4n) is 1.19. The monoisotopic (exact) mass is 194 g/mol. The SMILES string of the molecule is CC(C)(CCc1ccccc1)O[SiH3].